The van der Waals surface area contributed by atoms with Crippen LogP contribution in [0.4, 0.5) is 0 Å². The van der Waals surface area contributed by atoms with Crippen LogP contribution in [0.15, 0.2) is 30.3 Å². The summed E-state index contributed by atoms with van der Waals surface area (Å²) in [5.41, 5.74) is 0. The van der Waals surface area contributed by atoms with E-state index in [2.05, 4.69) is 50.0 Å². The molecule has 0 aromatic heterocycles. The fourth-order valence-electron chi connectivity index (χ4n) is 1.12. The van der Waals surface area contributed by atoms with Crippen LogP contribution in [0.25, 0.3) is 0 Å². The molecule has 1 aromatic rings. The molecule has 0 bridgehead atoms. The van der Waals surface area contributed by atoms with Crippen molar-refractivity contribution >= 4 is 23.0 Å². The molecule has 0 spiro atoms. The minimum absolute atomic E-state index is 0.179. The van der Waals surface area contributed by atoms with Crippen molar-refractivity contribution in [2.75, 3.05) is 6.23 Å². The fourth-order valence-corrected chi connectivity index (χ4v) is 4.82. The van der Waals surface area contributed by atoms with Gasteiger partial charge < -0.3 is 4.43 Å². The van der Waals surface area contributed by atoms with Crippen LogP contribution in [0, 0.1) is 0 Å². The summed E-state index contributed by atoms with van der Waals surface area (Å²) in [4.78, 5) is 0. The van der Waals surface area contributed by atoms with E-state index < -0.39 is 8.32 Å². The van der Waals surface area contributed by atoms with Crippen LogP contribution in [0.2, 0.25) is 19.6 Å². The lowest BCUT2D eigenvalue weighted by Gasteiger charge is -2.16. The molecule has 0 N–H and O–H groups in total. The molecule has 0 unspecified atom stereocenters. The quantitative estimate of drug-likeness (QED) is 0.681. The topological polar surface area (TPSA) is 9.23 Å². The maximum absolute atomic E-state index is 5.83. The Labute approximate surface area is 84.1 Å². The maximum atomic E-state index is 5.83. The molecule has 0 aliphatic heterocycles. The van der Waals surface area contributed by atoms with E-state index in [9.17, 15) is 0 Å². The minimum atomic E-state index is -1.28. The highest BCUT2D eigenvalue weighted by Gasteiger charge is 2.13. The third kappa shape index (κ3) is 5.03. The van der Waals surface area contributed by atoms with Gasteiger partial charge in [0, 0.05) is 6.23 Å². The van der Waals surface area contributed by atoms with E-state index >= 15 is 0 Å². The smallest absolute Gasteiger partial charge is 0.183 e. The first-order valence-corrected chi connectivity index (χ1v) is 9.87. The summed E-state index contributed by atoms with van der Waals surface area (Å²) in [5, 5.41) is 1.50. The molecule has 0 amide bonds. The van der Waals surface area contributed by atoms with Gasteiger partial charge in [0.05, 0.1) is 9.52 Å². The highest BCUT2D eigenvalue weighted by molar-refractivity contribution is 6.70. The van der Waals surface area contributed by atoms with Gasteiger partial charge in [-0.15, -0.1) is 0 Å². The Morgan fingerprint density at radius 2 is 1.77 bits per heavy atom. The molecule has 0 atom stereocenters. The van der Waals surface area contributed by atoms with E-state index in [0.29, 0.717) is 0 Å². The van der Waals surface area contributed by atoms with Gasteiger partial charge in [0.2, 0.25) is 0 Å². The lowest BCUT2D eigenvalue weighted by Crippen LogP contribution is -2.30. The van der Waals surface area contributed by atoms with E-state index in [1.807, 2.05) is 0 Å². The predicted molar refractivity (Wildman–Crippen MR) is 63.9 cm³/mol. The van der Waals surface area contributed by atoms with Crippen molar-refractivity contribution in [3.05, 3.63) is 30.3 Å². The molecule has 0 aliphatic rings. The van der Waals surface area contributed by atoms with E-state index in [1.165, 1.54) is 5.19 Å². The average molecular weight is 210 g/mol. The highest BCUT2D eigenvalue weighted by Crippen LogP contribution is 2.00. The summed E-state index contributed by atoms with van der Waals surface area (Å²) in [7, 11) is -1.46. The molecule has 0 saturated carbocycles. The van der Waals surface area contributed by atoms with Crippen LogP contribution in [0.5, 0.6) is 0 Å². The van der Waals surface area contributed by atoms with Crippen molar-refractivity contribution in [3.8, 4) is 0 Å². The molecular weight excluding hydrogens is 192 g/mol. The van der Waals surface area contributed by atoms with Gasteiger partial charge in [0.25, 0.3) is 0 Å². The van der Waals surface area contributed by atoms with Crippen LogP contribution in [0.3, 0.4) is 0 Å². The molecule has 0 fully saturated rings. The van der Waals surface area contributed by atoms with E-state index in [-0.39, 0.29) is 9.52 Å². The molecule has 0 radical (unpaired) electrons. The first-order chi connectivity index (χ1) is 6.08. The molecule has 3 heteroatoms. The van der Waals surface area contributed by atoms with Crippen molar-refractivity contribution in [3.63, 3.8) is 0 Å². The molecule has 1 rings (SSSR count). The van der Waals surface area contributed by atoms with Crippen molar-refractivity contribution < 1.29 is 4.43 Å². The predicted octanol–water partition coefficient (Wildman–Crippen LogP) is 1.29. The molecule has 72 valence electrons. The van der Waals surface area contributed by atoms with Crippen LogP contribution >= 0.6 is 0 Å². The standard InChI is InChI=1S/C10H18OSi2/c1-13(2,3)11-9-12-10-7-5-4-6-8-10/h4-8H,9,12H2,1-3H3. The first-order valence-electron chi connectivity index (χ1n) is 4.76. The zero-order chi connectivity index (χ0) is 9.73. The molecule has 13 heavy (non-hydrogen) atoms. The van der Waals surface area contributed by atoms with Crippen LogP contribution in [0.1, 0.15) is 0 Å². The zero-order valence-electron chi connectivity index (χ0n) is 8.71. The Kier molecular flexibility index (Phi) is 3.90. The Bertz CT molecular complexity index is 241. The Hall–Kier alpha value is -0.386. The summed E-state index contributed by atoms with van der Waals surface area (Å²) in [6, 6.07) is 10.7. The van der Waals surface area contributed by atoms with Gasteiger partial charge in [-0.2, -0.15) is 0 Å². The summed E-state index contributed by atoms with van der Waals surface area (Å²) in [6.45, 7) is 6.73. The normalized spacial score (nSPS) is 12.5. The Balaban J connectivity index is 2.29. The van der Waals surface area contributed by atoms with Gasteiger partial charge in [0.15, 0.2) is 8.32 Å². The highest BCUT2D eigenvalue weighted by atomic mass is 28.4. The summed E-state index contributed by atoms with van der Waals surface area (Å²) in [5.74, 6) is 0. The van der Waals surface area contributed by atoms with Crippen molar-refractivity contribution in [1.29, 1.82) is 0 Å². The summed E-state index contributed by atoms with van der Waals surface area (Å²) in [6.07, 6.45) is 1.000. The third-order valence-corrected chi connectivity index (χ3v) is 4.70. The van der Waals surface area contributed by atoms with Crippen LogP contribution in [-0.2, 0) is 4.43 Å². The Morgan fingerprint density at radius 3 is 2.31 bits per heavy atom. The molecule has 0 saturated heterocycles. The molecule has 1 aromatic carbocycles. The van der Waals surface area contributed by atoms with E-state index in [1.54, 1.807) is 0 Å². The van der Waals surface area contributed by atoms with Gasteiger partial charge in [-0.3, -0.25) is 0 Å². The van der Waals surface area contributed by atoms with Gasteiger partial charge in [0.1, 0.15) is 0 Å². The first kappa shape index (κ1) is 10.7. The molecule has 0 aliphatic carbocycles. The number of benzene rings is 1. The second-order valence-electron chi connectivity index (χ2n) is 4.20. The number of rotatable bonds is 4. The van der Waals surface area contributed by atoms with Crippen molar-refractivity contribution in [2.45, 2.75) is 19.6 Å². The number of hydrogen-bond acceptors (Lipinski definition) is 1. The average Bonchev–Trinajstić information content (AvgIpc) is 2.04. The molecular formula is C10H18OSi2. The van der Waals surface area contributed by atoms with E-state index in [0.717, 1.165) is 6.23 Å². The van der Waals surface area contributed by atoms with Gasteiger partial charge in [-0.25, -0.2) is 0 Å². The third-order valence-electron chi connectivity index (χ3n) is 1.77. The minimum Gasteiger partial charge on any atom is -0.421 e. The van der Waals surface area contributed by atoms with Gasteiger partial charge in [-0.1, -0.05) is 35.5 Å². The lowest BCUT2D eigenvalue weighted by atomic mass is 10.4. The van der Waals surface area contributed by atoms with E-state index in [4.69, 9.17) is 4.43 Å². The fraction of sp³-hybridized carbons (Fsp3) is 0.400. The maximum Gasteiger partial charge on any atom is 0.183 e. The molecule has 1 nitrogen and oxygen atoms in total. The SMILES string of the molecule is C[Si](C)(C)OC[SiH2]c1ccccc1. The van der Waals surface area contributed by atoms with Gasteiger partial charge in [-0.05, 0) is 19.6 Å². The largest absolute Gasteiger partial charge is 0.421 e. The Morgan fingerprint density at radius 1 is 1.15 bits per heavy atom. The molecule has 0 heterocycles. The van der Waals surface area contributed by atoms with Crippen molar-refractivity contribution in [2.24, 2.45) is 0 Å². The summed E-state index contributed by atoms with van der Waals surface area (Å²) >= 11 is 0. The van der Waals surface area contributed by atoms with Gasteiger partial charge >= 0.3 is 0 Å². The second-order valence-corrected chi connectivity index (χ2v) is 10.4. The number of hydrogen-bond donors (Lipinski definition) is 0. The van der Waals surface area contributed by atoms with Crippen LogP contribution in [-0.4, -0.2) is 24.1 Å². The van der Waals surface area contributed by atoms with Crippen LogP contribution < -0.4 is 5.19 Å². The monoisotopic (exact) mass is 210 g/mol. The zero-order valence-corrected chi connectivity index (χ0v) is 11.1. The van der Waals surface area contributed by atoms with Crippen molar-refractivity contribution in [1.82, 2.24) is 0 Å². The lowest BCUT2D eigenvalue weighted by molar-refractivity contribution is 0.381. The summed E-state index contributed by atoms with van der Waals surface area (Å²) < 4.78 is 5.83. The second kappa shape index (κ2) is 4.74.